The lowest BCUT2D eigenvalue weighted by Gasteiger charge is -2.04. The van der Waals surface area contributed by atoms with Gasteiger partial charge in [0.1, 0.15) is 5.82 Å². The lowest BCUT2D eigenvalue weighted by Crippen LogP contribution is -2.19. The minimum atomic E-state index is -0.363. The fourth-order valence-electron chi connectivity index (χ4n) is 3.69. The highest BCUT2D eigenvalue weighted by Gasteiger charge is 2.19. The Labute approximate surface area is 183 Å². The van der Waals surface area contributed by atoms with Crippen molar-refractivity contribution in [3.63, 3.8) is 0 Å². The van der Waals surface area contributed by atoms with Crippen LogP contribution in [0.3, 0.4) is 0 Å². The van der Waals surface area contributed by atoms with Crippen LogP contribution in [-0.2, 0) is 6.54 Å². The molecule has 1 aliphatic heterocycles. The maximum atomic E-state index is 13.4. The molecular formula is C25H20FN3O3. The summed E-state index contributed by atoms with van der Waals surface area (Å²) in [6.07, 6.45) is 0. The van der Waals surface area contributed by atoms with Gasteiger partial charge in [0.25, 0.3) is 5.56 Å². The maximum absolute atomic E-state index is 13.4. The maximum Gasteiger partial charge on any atom is 0.280 e. The largest absolute Gasteiger partial charge is 0.454 e. The molecule has 0 radical (unpaired) electrons. The summed E-state index contributed by atoms with van der Waals surface area (Å²) in [4.78, 5) is 18.1. The number of hydrogen-bond donors (Lipinski definition) is 1. The third-order valence-electron chi connectivity index (χ3n) is 5.34. The first-order chi connectivity index (χ1) is 15.6. The zero-order chi connectivity index (χ0) is 22.1. The molecule has 1 aliphatic rings. The molecule has 0 amide bonds. The van der Waals surface area contributed by atoms with Gasteiger partial charge in [-0.2, -0.15) is 0 Å². The van der Waals surface area contributed by atoms with E-state index in [2.05, 4.69) is 10.1 Å². The quantitative estimate of drug-likeness (QED) is 0.467. The third kappa shape index (κ3) is 3.69. The molecule has 0 bridgehead atoms. The van der Waals surface area contributed by atoms with Gasteiger partial charge in [-0.3, -0.25) is 14.9 Å². The normalized spacial score (nSPS) is 12.9. The van der Waals surface area contributed by atoms with Gasteiger partial charge in [-0.15, -0.1) is 0 Å². The number of H-pyrrole nitrogens is 1. The molecule has 5 rings (SSSR count). The van der Waals surface area contributed by atoms with Crippen LogP contribution in [0, 0.1) is 5.82 Å². The summed E-state index contributed by atoms with van der Waals surface area (Å²) in [5.74, 6) is 1.05. The Bertz CT molecular complexity index is 1360. The summed E-state index contributed by atoms with van der Waals surface area (Å²) in [6.45, 7) is 2.42. The van der Waals surface area contributed by atoms with E-state index in [-0.39, 0.29) is 18.2 Å². The third-order valence-corrected chi connectivity index (χ3v) is 5.34. The molecule has 0 saturated carbocycles. The first kappa shape index (κ1) is 19.8. The van der Waals surface area contributed by atoms with Crippen molar-refractivity contribution in [1.29, 1.82) is 0 Å². The van der Waals surface area contributed by atoms with E-state index in [1.165, 1.54) is 16.8 Å². The molecule has 0 spiro atoms. The molecule has 1 N–H and O–H groups in total. The van der Waals surface area contributed by atoms with Crippen LogP contribution in [0.4, 0.5) is 4.39 Å². The van der Waals surface area contributed by atoms with Gasteiger partial charge in [-0.1, -0.05) is 36.4 Å². The van der Waals surface area contributed by atoms with Gasteiger partial charge in [-0.05, 0) is 48.9 Å². The van der Waals surface area contributed by atoms with Gasteiger partial charge in [0, 0.05) is 11.3 Å². The molecule has 32 heavy (non-hydrogen) atoms. The number of aromatic nitrogens is 2. The van der Waals surface area contributed by atoms with Crippen molar-refractivity contribution in [2.24, 2.45) is 4.99 Å². The highest BCUT2D eigenvalue weighted by atomic mass is 19.1. The van der Waals surface area contributed by atoms with E-state index in [0.717, 1.165) is 11.1 Å². The van der Waals surface area contributed by atoms with Crippen LogP contribution < -0.4 is 15.0 Å². The van der Waals surface area contributed by atoms with Crippen molar-refractivity contribution in [3.05, 3.63) is 100 Å². The molecule has 0 atom stereocenters. The van der Waals surface area contributed by atoms with Crippen LogP contribution in [0.5, 0.6) is 11.5 Å². The van der Waals surface area contributed by atoms with Gasteiger partial charge < -0.3 is 9.47 Å². The molecule has 4 aromatic rings. The molecule has 1 aromatic heterocycles. The predicted octanol–water partition coefficient (Wildman–Crippen LogP) is 4.71. The van der Waals surface area contributed by atoms with Crippen molar-refractivity contribution in [2.75, 3.05) is 6.79 Å². The second kappa shape index (κ2) is 8.19. The summed E-state index contributed by atoms with van der Waals surface area (Å²) in [5.41, 5.74) is 3.84. The van der Waals surface area contributed by atoms with E-state index in [1.807, 2.05) is 55.5 Å². The van der Waals surface area contributed by atoms with Gasteiger partial charge >= 0.3 is 0 Å². The number of nitrogens with zero attached hydrogens (tertiary/aromatic N) is 2. The molecule has 0 saturated heterocycles. The van der Waals surface area contributed by atoms with Crippen LogP contribution in [-0.4, -0.2) is 22.3 Å². The first-order valence-electron chi connectivity index (χ1n) is 10.2. The van der Waals surface area contributed by atoms with Crippen LogP contribution in [0.1, 0.15) is 18.1 Å². The number of halogens is 1. The predicted molar refractivity (Wildman–Crippen MR) is 120 cm³/mol. The molecule has 2 heterocycles. The summed E-state index contributed by atoms with van der Waals surface area (Å²) < 4.78 is 25.6. The second-order valence-corrected chi connectivity index (χ2v) is 7.43. The van der Waals surface area contributed by atoms with Gasteiger partial charge in [0.2, 0.25) is 6.79 Å². The van der Waals surface area contributed by atoms with Crippen LogP contribution in [0.25, 0.3) is 16.9 Å². The van der Waals surface area contributed by atoms with Crippen LogP contribution in [0.2, 0.25) is 0 Å². The Morgan fingerprint density at radius 3 is 2.56 bits per heavy atom. The average molecular weight is 429 g/mol. The standard InChI is InChI=1S/C25H20FN3O3/c1-16(27-14-17-7-12-21-22(13-17)32-15-31-21)23-24(18-5-3-2-4-6-18)28-29(25(23)30)20-10-8-19(26)9-11-20/h2-13,28H,14-15H2,1H3. The highest BCUT2D eigenvalue weighted by Crippen LogP contribution is 2.32. The van der Waals surface area contributed by atoms with Crippen molar-refractivity contribution < 1.29 is 13.9 Å². The smallest absolute Gasteiger partial charge is 0.280 e. The number of rotatable bonds is 5. The lowest BCUT2D eigenvalue weighted by atomic mass is 10.1. The van der Waals surface area contributed by atoms with E-state index in [0.29, 0.717) is 40.7 Å². The molecule has 0 aliphatic carbocycles. The second-order valence-electron chi connectivity index (χ2n) is 7.43. The fourth-order valence-corrected chi connectivity index (χ4v) is 3.69. The van der Waals surface area contributed by atoms with Crippen molar-refractivity contribution >= 4 is 5.71 Å². The summed E-state index contributed by atoms with van der Waals surface area (Å²) in [5, 5.41) is 3.18. The van der Waals surface area contributed by atoms with E-state index in [9.17, 15) is 9.18 Å². The zero-order valence-corrected chi connectivity index (χ0v) is 17.3. The van der Waals surface area contributed by atoms with Gasteiger partial charge in [-0.25, -0.2) is 9.07 Å². The number of nitrogens with one attached hydrogen (secondary N) is 1. The Morgan fingerprint density at radius 1 is 1.03 bits per heavy atom. The van der Waals surface area contributed by atoms with Crippen LogP contribution in [0.15, 0.2) is 82.6 Å². The SMILES string of the molecule is CC(=NCc1ccc2c(c1)OCO2)c1c(-c2ccccc2)[nH]n(-c2ccc(F)cc2)c1=O. The fraction of sp³-hybridized carbons (Fsp3) is 0.120. The number of fused-ring (bicyclic) bond motifs is 1. The number of benzene rings is 3. The molecule has 3 aromatic carbocycles. The summed E-state index contributed by atoms with van der Waals surface area (Å²) in [6, 6.07) is 21.0. The Balaban J connectivity index is 1.56. The monoisotopic (exact) mass is 429 g/mol. The Morgan fingerprint density at radius 2 is 1.78 bits per heavy atom. The molecule has 0 unspecified atom stereocenters. The van der Waals surface area contributed by atoms with Gasteiger partial charge in [0.15, 0.2) is 11.5 Å². The zero-order valence-electron chi connectivity index (χ0n) is 17.3. The van der Waals surface area contributed by atoms with E-state index in [1.54, 1.807) is 12.1 Å². The van der Waals surface area contributed by atoms with E-state index < -0.39 is 0 Å². The molecule has 160 valence electrons. The Kier molecular flexibility index (Phi) is 5.07. The summed E-state index contributed by atoms with van der Waals surface area (Å²) >= 11 is 0. The highest BCUT2D eigenvalue weighted by molar-refractivity contribution is 6.03. The number of hydrogen-bond acceptors (Lipinski definition) is 4. The van der Waals surface area contributed by atoms with Crippen molar-refractivity contribution in [2.45, 2.75) is 13.5 Å². The molecule has 6 nitrogen and oxygen atoms in total. The van der Waals surface area contributed by atoms with Gasteiger partial charge in [0.05, 0.1) is 23.5 Å². The topological polar surface area (TPSA) is 68.6 Å². The number of aromatic amines is 1. The number of aliphatic imine (C=N–C) groups is 1. The minimum absolute atomic E-state index is 0.216. The molecule has 0 fully saturated rings. The van der Waals surface area contributed by atoms with E-state index in [4.69, 9.17) is 9.47 Å². The molecular weight excluding hydrogens is 409 g/mol. The van der Waals surface area contributed by atoms with Crippen molar-refractivity contribution in [3.8, 4) is 28.4 Å². The lowest BCUT2D eigenvalue weighted by molar-refractivity contribution is 0.174. The van der Waals surface area contributed by atoms with Crippen LogP contribution >= 0.6 is 0 Å². The average Bonchev–Trinajstić information content (AvgIpc) is 3.42. The summed E-state index contributed by atoms with van der Waals surface area (Å²) in [7, 11) is 0. The first-order valence-corrected chi connectivity index (χ1v) is 10.2. The van der Waals surface area contributed by atoms with Crippen molar-refractivity contribution in [1.82, 2.24) is 9.78 Å². The number of ether oxygens (including phenoxy) is 2. The molecule has 7 heteroatoms. The van der Waals surface area contributed by atoms with E-state index >= 15 is 0 Å². The Hall–Kier alpha value is -4.13. The minimum Gasteiger partial charge on any atom is -0.454 e.